The third kappa shape index (κ3) is 4.54. The molecule has 37 heavy (non-hydrogen) atoms. The molecule has 2 N–H and O–H groups in total. The van der Waals surface area contributed by atoms with Crippen LogP contribution in [0.5, 0.6) is 0 Å². The lowest BCUT2D eigenvalue weighted by Crippen LogP contribution is -2.61. The minimum Gasteiger partial charge on any atom is -0.464 e. The Morgan fingerprint density at radius 3 is 2.51 bits per heavy atom. The number of ether oxygens (including phenoxy) is 1. The van der Waals surface area contributed by atoms with Gasteiger partial charge in [-0.25, -0.2) is 14.8 Å². The SMILES string of the molecule is COC(=O)c1ccc(N2CCN(c3cccc(C(=O)NC4C5CC6CC4CC(O)(C6)C5)n3)C(C)C2)cn1. The van der Waals surface area contributed by atoms with Crippen molar-refractivity contribution < 1.29 is 19.4 Å². The van der Waals surface area contributed by atoms with Gasteiger partial charge in [-0.1, -0.05) is 6.07 Å². The molecule has 5 aliphatic rings. The van der Waals surface area contributed by atoms with Gasteiger partial charge in [-0.3, -0.25) is 4.79 Å². The van der Waals surface area contributed by atoms with E-state index in [0.717, 1.165) is 63.2 Å². The van der Waals surface area contributed by atoms with E-state index in [2.05, 4.69) is 27.0 Å². The number of hydrogen-bond acceptors (Lipinski definition) is 8. The molecule has 1 saturated heterocycles. The zero-order valence-corrected chi connectivity index (χ0v) is 21.5. The highest BCUT2D eigenvalue weighted by molar-refractivity contribution is 5.93. The van der Waals surface area contributed by atoms with Crippen molar-refractivity contribution in [3.63, 3.8) is 0 Å². The maximum absolute atomic E-state index is 13.3. The Morgan fingerprint density at radius 2 is 1.86 bits per heavy atom. The number of anilines is 2. The predicted molar refractivity (Wildman–Crippen MR) is 139 cm³/mol. The van der Waals surface area contributed by atoms with E-state index in [-0.39, 0.29) is 18.0 Å². The zero-order chi connectivity index (χ0) is 25.7. The molecule has 0 radical (unpaired) electrons. The number of piperazine rings is 1. The number of carbonyl (C=O) groups excluding carboxylic acids is 2. The fourth-order valence-electron chi connectivity index (χ4n) is 7.48. The van der Waals surface area contributed by atoms with Crippen LogP contribution in [-0.2, 0) is 4.74 Å². The summed E-state index contributed by atoms with van der Waals surface area (Å²) < 4.78 is 4.73. The van der Waals surface area contributed by atoms with E-state index in [1.54, 1.807) is 18.3 Å². The molecule has 1 amide bonds. The Labute approximate surface area is 217 Å². The summed E-state index contributed by atoms with van der Waals surface area (Å²) in [6, 6.07) is 9.55. The number of aliphatic hydroxyl groups is 1. The topological polar surface area (TPSA) is 108 Å². The van der Waals surface area contributed by atoms with Gasteiger partial charge in [0.05, 0.1) is 24.6 Å². The first-order valence-electron chi connectivity index (χ1n) is 13.4. The third-order valence-electron chi connectivity index (χ3n) is 8.93. The lowest BCUT2D eigenvalue weighted by Gasteiger charge is -2.58. The van der Waals surface area contributed by atoms with Gasteiger partial charge >= 0.3 is 5.97 Å². The van der Waals surface area contributed by atoms with Crippen molar-refractivity contribution in [2.45, 2.75) is 56.7 Å². The molecule has 4 saturated carbocycles. The maximum atomic E-state index is 13.3. The predicted octanol–water partition coefficient (Wildman–Crippen LogP) is 2.65. The Kier molecular flexibility index (Phi) is 6.06. The van der Waals surface area contributed by atoms with Crippen molar-refractivity contribution in [3.8, 4) is 0 Å². The van der Waals surface area contributed by atoms with Crippen molar-refractivity contribution in [2.75, 3.05) is 36.5 Å². The molecule has 5 fully saturated rings. The summed E-state index contributed by atoms with van der Waals surface area (Å²) in [6.45, 7) is 4.45. The first-order valence-corrected chi connectivity index (χ1v) is 13.4. The molecule has 4 bridgehead atoms. The van der Waals surface area contributed by atoms with Crippen molar-refractivity contribution in [1.29, 1.82) is 0 Å². The van der Waals surface area contributed by atoms with Crippen molar-refractivity contribution in [3.05, 3.63) is 47.9 Å². The lowest BCUT2D eigenvalue weighted by atomic mass is 9.52. The van der Waals surface area contributed by atoms with Crippen LogP contribution in [0.3, 0.4) is 0 Å². The minimum atomic E-state index is -0.506. The number of aromatic nitrogens is 2. The molecule has 0 aromatic carbocycles. The molecule has 2 aromatic heterocycles. The molecule has 1 aliphatic heterocycles. The summed E-state index contributed by atoms with van der Waals surface area (Å²) in [4.78, 5) is 38.4. The van der Waals surface area contributed by atoms with E-state index >= 15 is 0 Å². The number of esters is 1. The average Bonchev–Trinajstić information content (AvgIpc) is 2.89. The fourth-order valence-corrected chi connectivity index (χ4v) is 7.48. The summed E-state index contributed by atoms with van der Waals surface area (Å²) in [5, 5.41) is 14.2. The summed E-state index contributed by atoms with van der Waals surface area (Å²) >= 11 is 0. The second kappa shape index (κ2) is 9.28. The first-order chi connectivity index (χ1) is 17.8. The summed E-state index contributed by atoms with van der Waals surface area (Å²) in [5.41, 5.74) is 1.19. The molecule has 2 aromatic rings. The number of nitrogens with one attached hydrogen (secondary N) is 1. The van der Waals surface area contributed by atoms with E-state index in [0.29, 0.717) is 29.1 Å². The van der Waals surface area contributed by atoms with Crippen molar-refractivity contribution in [2.24, 2.45) is 17.8 Å². The Morgan fingerprint density at radius 1 is 1.08 bits per heavy atom. The van der Waals surface area contributed by atoms with Gasteiger partial charge in [0.2, 0.25) is 0 Å². The largest absolute Gasteiger partial charge is 0.464 e. The van der Waals surface area contributed by atoms with Crippen LogP contribution in [0, 0.1) is 17.8 Å². The normalized spacial score (nSPS) is 32.4. The minimum absolute atomic E-state index is 0.116. The number of methoxy groups -OCH3 is 1. The van der Waals surface area contributed by atoms with Gasteiger partial charge in [-0.2, -0.15) is 0 Å². The fraction of sp³-hybridized carbons (Fsp3) is 0.571. The van der Waals surface area contributed by atoms with Gasteiger partial charge in [-0.15, -0.1) is 0 Å². The molecule has 3 unspecified atom stereocenters. The second-order valence-corrected chi connectivity index (χ2v) is 11.5. The van der Waals surface area contributed by atoms with Crippen LogP contribution < -0.4 is 15.1 Å². The Bertz CT molecular complexity index is 1170. The van der Waals surface area contributed by atoms with Gasteiger partial charge in [-0.05, 0) is 81.0 Å². The van der Waals surface area contributed by atoms with E-state index in [1.165, 1.54) is 7.11 Å². The summed E-state index contributed by atoms with van der Waals surface area (Å²) in [5.74, 6) is 1.59. The monoisotopic (exact) mass is 505 g/mol. The molecular formula is C28H35N5O4. The number of pyridine rings is 2. The quantitative estimate of drug-likeness (QED) is 0.598. The molecule has 196 valence electrons. The highest BCUT2D eigenvalue weighted by atomic mass is 16.5. The molecule has 0 spiro atoms. The molecule has 3 heterocycles. The molecule has 9 heteroatoms. The van der Waals surface area contributed by atoms with Gasteiger partial charge in [0.15, 0.2) is 0 Å². The van der Waals surface area contributed by atoms with Crippen LogP contribution in [0.1, 0.15) is 60.0 Å². The van der Waals surface area contributed by atoms with Crippen LogP contribution in [0.4, 0.5) is 11.5 Å². The Balaban J connectivity index is 1.10. The van der Waals surface area contributed by atoms with Crippen molar-refractivity contribution in [1.82, 2.24) is 15.3 Å². The van der Waals surface area contributed by atoms with Gasteiger partial charge in [0.25, 0.3) is 5.91 Å². The number of amides is 1. The first kappa shape index (κ1) is 24.2. The van der Waals surface area contributed by atoms with Crippen LogP contribution in [0.2, 0.25) is 0 Å². The highest BCUT2D eigenvalue weighted by Crippen LogP contribution is 2.55. The second-order valence-electron chi connectivity index (χ2n) is 11.5. The van der Waals surface area contributed by atoms with Gasteiger partial charge in [0, 0.05) is 31.7 Å². The van der Waals surface area contributed by atoms with Crippen LogP contribution >= 0.6 is 0 Å². The molecular weight excluding hydrogens is 470 g/mol. The molecule has 9 nitrogen and oxygen atoms in total. The van der Waals surface area contributed by atoms with Crippen LogP contribution in [-0.4, -0.2) is 71.4 Å². The number of hydrogen-bond donors (Lipinski definition) is 2. The molecule has 7 rings (SSSR count). The van der Waals surface area contributed by atoms with Gasteiger partial charge in [0.1, 0.15) is 17.2 Å². The average molecular weight is 506 g/mol. The van der Waals surface area contributed by atoms with Crippen LogP contribution in [0.15, 0.2) is 36.5 Å². The summed E-state index contributed by atoms with van der Waals surface area (Å²) in [7, 11) is 1.35. The molecule has 3 atom stereocenters. The number of carbonyl (C=O) groups is 2. The van der Waals surface area contributed by atoms with E-state index in [1.807, 2.05) is 18.2 Å². The Hall–Kier alpha value is -3.20. The smallest absolute Gasteiger partial charge is 0.356 e. The van der Waals surface area contributed by atoms with E-state index < -0.39 is 11.6 Å². The van der Waals surface area contributed by atoms with Gasteiger partial charge < -0.3 is 25.0 Å². The third-order valence-corrected chi connectivity index (χ3v) is 8.93. The van der Waals surface area contributed by atoms with Crippen molar-refractivity contribution >= 4 is 23.4 Å². The van der Waals surface area contributed by atoms with E-state index in [4.69, 9.17) is 9.72 Å². The highest BCUT2D eigenvalue weighted by Gasteiger charge is 2.55. The van der Waals surface area contributed by atoms with E-state index in [9.17, 15) is 14.7 Å². The maximum Gasteiger partial charge on any atom is 0.356 e. The summed E-state index contributed by atoms with van der Waals surface area (Å²) in [6.07, 6.45) is 6.48. The number of rotatable bonds is 5. The van der Waals surface area contributed by atoms with Crippen LogP contribution in [0.25, 0.3) is 0 Å². The molecule has 4 aliphatic carbocycles. The lowest BCUT2D eigenvalue weighted by molar-refractivity contribution is -0.136. The standard InChI is InChI=1S/C28H35N5O4/c1-17-16-32(21-6-7-23(29-15-21)27(35)37-2)8-9-33(17)24-5-3-4-22(30-24)26(34)31-25-19-10-18-11-20(25)14-28(36,12-18)13-19/h3-7,15,17-20,25,36H,8-14,16H2,1-2H3,(H,31,34). The number of nitrogens with zero attached hydrogens (tertiary/aromatic N) is 4. The zero-order valence-electron chi connectivity index (χ0n) is 21.5.